The molecule has 2 N–H and O–H groups in total. The molecule has 0 aliphatic rings. The Bertz CT molecular complexity index is 674. The molecule has 0 bridgehead atoms. The Balaban J connectivity index is 2.29. The van der Waals surface area contributed by atoms with Gasteiger partial charge in [-0.3, -0.25) is 4.68 Å². The van der Waals surface area contributed by atoms with E-state index in [9.17, 15) is 8.42 Å². The summed E-state index contributed by atoms with van der Waals surface area (Å²) in [5, 5.41) is 9.04. The van der Waals surface area contributed by atoms with Gasteiger partial charge in [0.15, 0.2) is 0 Å². The second kappa shape index (κ2) is 4.55. The Morgan fingerprint density at radius 3 is 2.67 bits per heavy atom. The molecule has 5 nitrogen and oxygen atoms in total. The molecule has 18 heavy (non-hydrogen) atoms. The highest BCUT2D eigenvalue weighted by Crippen LogP contribution is 2.13. The van der Waals surface area contributed by atoms with Gasteiger partial charge >= 0.3 is 0 Å². The van der Waals surface area contributed by atoms with E-state index in [-0.39, 0.29) is 4.90 Å². The maximum Gasteiger partial charge on any atom is 0.241 e. The van der Waals surface area contributed by atoms with E-state index in [4.69, 9.17) is 5.14 Å². The minimum atomic E-state index is -3.68. The van der Waals surface area contributed by atoms with Crippen molar-refractivity contribution in [1.29, 1.82) is 0 Å². The van der Waals surface area contributed by atoms with E-state index in [0.29, 0.717) is 6.54 Å². The van der Waals surface area contributed by atoms with Crippen molar-refractivity contribution in [3.05, 3.63) is 47.3 Å². The molecule has 96 valence electrons. The topological polar surface area (TPSA) is 78.0 Å². The zero-order valence-electron chi connectivity index (χ0n) is 10.3. The Kier molecular flexibility index (Phi) is 3.23. The third-order valence-corrected chi connectivity index (χ3v) is 3.64. The SMILES string of the molecule is Cc1ccc(C)c(Cn2cc(S(N)(=O)=O)cn2)c1. The number of hydrogen-bond acceptors (Lipinski definition) is 3. The standard InChI is InChI=1S/C12H15N3O2S/c1-9-3-4-10(2)11(5-9)7-15-8-12(6-14-15)18(13,16)17/h3-6,8H,7H2,1-2H3,(H2,13,16,17). The smallest absolute Gasteiger partial charge is 0.241 e. The number of benzene rings is 1. The van der Waals surface area contributed by atoms with Crippen LogP contribution in [-0.2, 0) is 16.6 Å². The van der Waals surface area contributed by atoms with Gasteiger partial charge in [-0.1, -0.05) is 23.8 Å². The van der Waals surface area contributed by atoms with E-state index in [0.717, 1.165) is 16.7 Å². The lowest BCUT2D eigenvalue weighted by atomic mass is 10.1. The summed E-state index contributed by atoms with van der Waals surface area (Å²) >= 11 is 0. The van der Waals surface area contributed by atoms with Crippen LogP contribution in [0.1, 0.15) is 16.7 Å². The molecule has 0 atom stereocenters. The first-order valence-corrected chi connectivity index (χ1v) is 7.02. The Hall–Kier alpha value is -1.66. The molecule has 1 aromatic carbocycles. The molecule has 0 aliphatic carbocycles. The second-order valence-corrected chi connectivity index (χ2v) is 5.91. The summed E-state index contributed by atoms with van der Waals surface area (Å²) in [4.78, 5) is 0.0350. The fourth-order valence-electron chi connectivity index (χ4n) is 1.72. The van der Waals surface area contributed by atoms with Crippen LogP contribution < -0.4 is 5.14 Å². The van der Waals surface area contributed by atoms with E-state index >= 15 is 0 Å². The number of nitrogens with two attached hydrogens (primary N) is 1. The van der Waals surface area contributed by atoms with Crippen LogP contribution in [0, 0.1) is 13.8 Å². The fourth-order valence-corrected chi connectivity index (χ4v) is 2.19. The molecule has 2 aromatic rings. The average molecular weight is 265 g/mol. The molecule has 0 amide bonds. The molecule has 0 aliphatic heterocycles. The van der Waals surface area contributed by atoms with Crippen molar-refractivity contribution in [3.8, 4) is 0 Å². The summed E-state index contributed by atoms with van der Waals surface area (Å²) in [6, 6.07) is 6.14. The van der Waals surface area contributed by atoms with Crippen LogP contribution in [0.2, 0.25) is 0 Å². The summed E-state index contributed by atoms with van der Waals surface area (Å²) in [6.45, 7) is 4.56. The third-order valence-electron chi connectivity index (χ3n) is 2.78. The Labute approximate surface area is 106 Å². The van der Waals surface area contributed by atoms with Gasteiger partial charge in [0, 0.05) is 6.20 Å². The van der Waals surface area contributed by atoms with E-state index in [1.54, 1.807) is 4.68 Å². The molecule has 0 spiro atoms. The zero-order chi connectivity index (χ0) is 13.3. The van der Waals surface area contributed by atoms with Crippen LogP contribution in [0.3, 0.4) is 0 Å². The van der Waals surface area contributed by atoms with Crippen LogP contribution in [-0.4, -0.2) is 18.2 Å². The molecule has 1 heterocycles. The minimum absolute atomic E-state index is 0.0350. The van der Waals surface area contributed by atoms with Crippen molar-refractivity contribution >= 4 is 10.0 Å². The minimum Gasteiger partial charge on any atom is -0.267 e. The molecule has 1 aromatic heterocycles. The van der Waals surface area contributed by atoms with Gasteiger partial charge in [-0.25, -0.2) is 13.6 Å². The largest absolute Gasteiger partial charge is 0.267 e. The number of aryl methyl sites for hydroxylation is 2. The van der Waals surface area contributed by atoms with Crippen LogP contribution >= 0.6 is 0 Å². The maximum absolute atomic E-state index is 11.1. The van der Waals surface area contributed by atoms with E-state index in [2.05, 4.69) is 11.2 Å². The monoisotopic (exact) mass is 265 g/mol. The summed E-state index contributed by atoms with van der Waals surface area (Å²) in [7, 11) is -3.68. The molecular formula is C12H15N3O2S. The average Bonchev–Trinajstić information content (AvgIpc) is 2.71. The summed E-state index contributed by atoms with van der Waals surface area (Å²) in [5.41, 5.74) is 3.42. The maximum atomic E-state index is 11.1. The van der Waals surface area contributed by atoms with Crippen molar-refractivity contribution in [2.24, 2.45) is 5.14 Å². The molecular weight excluding hydrogens is 250 g/mol. The van der Waals surface area contributed by atoms with Crippen molar-refractivity contribution in [1.82, 2.24) is 9.78 Å². The van der Waals surface area contributed by atoms with Crippen LogP contribution in [0.5, 0.6) is 0 Å². The van der Waals surface area contributed by atoms with Crippen molar-refractivity contribution in [3.63, 3.8) is 0 Å². The van der Waals surface area contributed by atoms with Crippen LogP contribution in [0.25, 0.3) is 0 Å². The number of nitrogens with zero attached hydrogens (tertiary/aromatic N) is 2. The van der Waals surface area contributed by atoms with E-state index in [1.807, 2.05) is 26.0 Å². The summed E-state index contributed by atoms with van der Waals surface area (Å²) < 4.78 is 23.9. The lowest BCUT2D eigenvalue weighted by molar-refractivity contribution is 0.597. The fraction of sp³-hybridized carbons (Fsp3) is 0.250. The lowest BCUT2D eigenvalue weighted by Crippen LogP contribution is -2.11. The first kappa shape index (κ1) is 12.8. The summed E-state index contributed by atoms with van der Waals surface area (Å²) in [6.07, 6.45) is 2.71. The summed E-state index contributed by atoms with van der Waals surface area (Å²) in [5.74, 6) is 0. The lowest BCUT2D eigenvalue weighted by Gasteiger charge is -2.07. The Morgan fingerprint density at radius 1 is 1.33 bits per heavy atom. The zero-order valence-corrected chi connectivity index (χ0v) is 11.1. The highest BCUT2D eigenvalue weighted by atomic mass is 32.2. The van der Waals surface area contributed by atoms with Crippen molar-refractivity contribution in [2.45, 2.75) is 25.3 Å². The van der Waals surface area contributed by atoms with Crippen LogP contribution in [0.4, 0.5) is 0 Å². The predicted molar refractivity (Wildman–Crippen MR) is 68.6 cm³/mol. The Morgan fingerprint density at radius 2 is 2.06 bits per heavy atom. The quantitative estimate of drug-likeness (QED) is 0.905. The highest BCUT2D eigenvalue weighted by Gasteiger charge is 2.11. The van der Waals surface area contributed by atoms with Gasteiger partial charge < -0.3 is 0 Å². The second-order valence-electron chi connectivity index (χ2n) is 4.35. The van der Waals surface area contributed by atoms with Gasteiger partial charge in [-0.15, -0.1) is 0 Å². The van der Waals surface area contributed by atoms with Gasteiger partial charge in [-0.05, 0) is 25.0 Å². The first-order valence-electron chi connectivity index (χ1n) is 5.47. The van der Waals surface area contributed by atoms with E-state index < -0.39 is 10.0 Å². The molecule has 2 rings (SSSR count). The number of rotatable bonds is 3. The molecule has 6 heteroatoms. The van der Waals surface area contributed by atoms with Gasteiger partial charge in [0.2, 0.25) is 10.0 Å². The number of primary sulfonamides is 1. The number of hydrogen-bond donors (Lipinski definition) is 1. The molecule has 0 unspecified atom stereocenters. The van der Waals surface area contributed by atoms with Crippen LogP contribution in [0.15, 0.2) is 35.5 Å². The molecule has 0 saturated heterocycles. The van der Waals surface area contributed by atoms with Gasteiger partial charge in [0.1, 0.15) is 4.90 Å². The normalized spacial score (nSPS) is 11.7. The molecule has 0 radical (unpaired) electrons. The molecule has 0 saturated carbocycles. The van der Waals surface area contributed by atoms with E-state index in [1.165, 1.54) is 12.4 Å². The number of aromatic nitrogens is 2. The first-order chi connectivity index (χ1) is 8.36. The van der Waals surface area contributed by atoms with Gasteiger partial charge in [0.05, 0.1) is 12.7 Å². The van der Waals surface area contributed by atoms with Gasteiger partial charge in [-0.2, -0.15) is 5.10 Å². The van der Waals surface area contributed by atoms with Crippen molar-refractivity contribution in [2.75, 3.05) is 0 Å². The highest BCUT2D eigenvalue weighted by molar-refractivity contribution is 7.89. The predicted octanol–water partition coefficient (Wildman–Crippen LogP) is 1.20. The number of sulfonamides is 1. The van der Waals surface area contributed by atoms with Crippen molar-refractivity contribution < 1.29 is 8.42 Å². The van der Waals surface area contributed by atoms with Gasteiger partial charge in [0.25, 0.3) is 0 Å². The molecule has 0 fully saturated rings. The third kappa shape index (κ3) is 2.77.